The molecule has 0 spiro atoms. The molecule has 1 aromatic rings. The van der Waals surface area contributed by atoms with Gasteiger partial charge in [-0.05, 0) is 24.8 Å². The van der Waals surface area contributed by atoms with Crippen LogP contribution in [0.5, 0.6) is 0 Å². The lowest BCUT2D eigenvalue weighted by Gasteiger charge is -2.35. The van der Waals surface area contributed by atoms with Crippen molar-refractivity contribution in [3.05, 3.63) is 30.1 Å². The van der Waals surface area contributed by atoms with Crippen LogP contribution >= 0.6 is 0 Å². The number of hydrogen-bond donors (Lipinski definition) is 1. The molecule has 0 bridgehead atoms. The number of hydrogen-bond acceptors (Lipinski definition) is 2. The van der Waals surface area contributed by atoms with E-state index in [0.29, 0.717) is 5.91 Å². The Morgan fingerprint density at radius 3 is 2.64 bits per heavy atom. The second kappa shape index (κ2) is 7.23. The lowest BCUT2D eigenvalue weighted by molar-refractivity contribution is -0.919. The van der Waals surface area contributed by atoms with E-state index in [1.54, 1.807) is 4.90 Å². The van der Waals surface area contributed by atoms with E-state index in [0.717, 1.165) is 51.5 Å². The molecular weight excluding hydrogens is 274 g/mol. The van der Waals surface area contributed by atoms with Crippen molar-refractivity contribution in [1.82, 2.24) is 9.88 Å². The standard InChI is InChI=1S/C18H27N3O/c1-15-4-11-21(12-5-15)18(22)17-6-9-20(10-7-17)14-16-3-2-8-19-13-16/h2-3,8,13,15,17H,4-7,9-12,14H2,1H3/p+1. The molecule has 0 unspecified atom stereocenters. The first kappa shape index (κ1) is 15.5. The summed E-state index contributed by atoms with van der Waals surface area (Å²) in [6.45, 7) is 7.49. The molecule has 3 rings (SSSR count). The Hall–Kier alpha value is -1.42. The van der Waals surface area contributed by atoms with Crippen molar-refractivity contribution >= 4 is 5.91 Å². The highest BCUT2D eigenvalue weighted by Gasteiger charge is 2.31. The van der Waals surface area contributed by atoms with E-state index in [9.17, 15) is 4.79 Å². The van der Waals surface area contributed by atoms with Gasteiger partial charge in [0.2, 0.25) is 5.91 Å². The average molecular weight is 302 g/mol. The topological polar surface area (TPSA) is 37.6 Å². The van der Waals surface area contributed by atoms with Crippen molar-refractivity contribution in [1.29, 1.82) is 0 Å². The number of aromatic nitrogens is 1. The van der Waals surface area contributed by atoms with E-state index in [4.69, 9.17) is 0 Å². The first-order valence-corrected chi connectivity index (χ1v) is 8.73. The number of piperidine rings is 2. The van der Waals surface area contributed by atoms with Crippen molar-refractivity contribution in [2.24, 2.45) is 11.8 Å². The number of pyridine rings is 1. The van der Waals surface area contributed by atoms with Gasteiger partial charge in [0.25, 0.3) is 0 Å². The third-order valence-corrected chi connectivity index (χ3v) is 5.31. The van der Waals surface area contributed by atoms with Crippen LogP contribution in [-0.4, -0.2) is 42.0 Å². The van der Waals surface area contributed by atoms with Crippen LogP contribution in [0.25, 0.3) is 0 Å². The highest BCUT2D eigenvalue weighted by Crippen LogP contribution is 2.20. The Morgan fingerprint density at radius 2 is 2.00 bits per heavy atom. The van der Waals surface area contributed by atoms with Gasteiger partial charge in [0.1, 0.15) is 6.54 Å². The quantitative estimate of drug-likeness (QED) is 0.909. The molecule has 1 N–H and O–H groups in total. The van der Waals surface area contributed by atoms with Crippen LogP contribution in [0.15, 0.2) is 24.5 Å². The number of quaternary nitrogens is 1. The maximum absolute atomic E-state index is 12.6. The summed E-state index contributed by atoms with van der Waals surface area (Å²) in [4.78, 5) is 20.5. The smallest absolute Gasteiger partial charge is 0.226 e. The van der Waals surface area contributed by atoms with E-state index < -0.39 is 0 Å². The number of likely N-dealkylation sites (tertiary alicyclic amines) is 2. The van der Waals surface area contributed by atoms with Crippen molar-refractivity contribution in [2.75, 3.05) is 26.2 Å². The number of carbonyl (C=O) groups excluding carboxylic acids is 1. The van der Waals surface area contributed by atoms with Crippen LogP contribution < -0.4 is 4.90 Å². The van der Waals surface area contributed by atoms with E-state index in [1.807, 2.05) is 18.5 Å². The Kier molecular flexibility index (Phi) is 5.08. The van der Waals surface area contributed by atoms with Gasteiger partial charge in [0.05, 0.1) is 13.1 Å². The van der Waals surface area contributed by atoms with Gasteiger partial charge in [-0.2, -0.15) is 0 Å². The molecule has 0 atom stereocenters. The fourth-order valence-corrected chi connectivity index (χ4v) is 3.73. The molecule has 120 valence electrons. The molecule has 2 aliphatic rings. The summed E-state index contributed by atoms with van der Waals surface area (Å²) in [5, 5.41) is 0. The first-order valence-electron chi connectivity index (χ1n) is 8.73. The second-order valence-electron chi connectivity index (χ2n) is 7.07. The molecule has 4 nitrogen and oxygen atoms in total. The third-order valence-electron chi connectivity index (χ3n) is 5.31. The maximum Gasteiger partial charge on any atom is 0.226 e. The third kappa shape index (κ3) is 3.86. The van der Waals surface area contributed by atoms with Gasteiger partial charge in [-0.25, -0.2) is 0 Å². The van der Waals surface area contributed by atoms with Crippen molar-refractivity contribution in [2.45, 2.75) is 39.2 Å². The molecule has 3 heterocycles. The Balaban J connectivity index is 1.46. The normalized spacial score (nSPS) is 26.9. The average Bonchev–Trinajstić information content (AvgIpc) is 2.57. The number of carbonyl (C=O) groups is 1. The van der Waals surface area contributed by atoms with Crippen molar-refractivity contribution in [3.8, 4) is 0 Å². The molecule has 1 amide bonds. The minimum Gasteiger partial charge on any atom is -0.342 e. The van der Waals surface area contributed by atoms with Crippen molar-refractivity contribution in [3.63, 3.8) is 0 Å². The van der Waals surface area contributed by atoms with Crippen LogP contribution in [0.1, 0.15) is 38.2 Å². The highest BCUT2D eigenvalue weighted by molar-refractivity contribution is 5.79. The minimum atomic E-state index is 0.269. The summed E-state index contributed by atoms with van der Waals surface area (Å²) < 4.78 is 0. The molecule has 22 heavy (non-hydrogen) atoms. The van der Waals surface area contributed by atoms with Gasteiger partial charge < -0.3 is 9.80 Å². The van der Waals surface area contributed by atoms with Crippen LogP contribution in [0.4, 0.5) is 0 Å². The fourth-order valence-electron chi connectivity index (χ4n) is 3.73. The largest absolute Gasteiger partial charge is 0.342 e. The summed E-state index contributed by atoms with van der Waals surface area (Å²) in [6, 6.07) is 4.15. The fraction of sp³-hybridized carbons (Fsp3) is 0.667. The lowest BCUT2D eigenvalue weighted by Crippen LogP contribution is -3.11. The van der Waals surface area contributed by atoms with Crippen LogP contribution in [0.3, 0.4) is 0 Å². The molecule has 0 aromatic carbocycles. The summed E-state index contributed by atoms with van der Waals surface area (Å²) in [7, 11) is 0. The second-order valence-corrected chi connectivity index (χ2v) is 7.07. The number of nitrogens with zero attached hydrogens (tertiary/aromatic N) is 2. The van der Waals surface area contributed by atoms with Gasteiger partial charge in [0, 0.05) is 49.8 Å². The van der Waals surface area contributed by atoms with Crippen LogP contribution in [0.2, 0.25) is 0 Å². The summed E-state index contributed by atoms with van der Waals surface area (Å²) in [6.07, 6.45) is 8.22. The summed E-state index contributed by atoms with van der Waals surface area (Å²) in [5.74, 6) is 1.48. The molecular formula is C18H28N3O+. The van der Waals surface area contributed by atoms with Gasteiger partial charge in [-0.1, -0.05) is 13.0 Å². The monoisotopic (exact) mass is 302 g/mol. The van der Waals surface area contributed by atoms with Gasteiger partial charge in [-0.3, -0.25) is 9.78 Å². The zero-order valence-corrected chi connectivity index (χ0v) is 13.6. The highest BCUT2D eigenvalue weighted by atomic mass is 16.2. The lowest BCUT2D eigenvalue weighted by atomic mass is 9.92. The van der Waals surface area contributed by atoms with E-state index in [1.165, 1.54) is 18.4 Å². The van der Waals surface area contributed by atoms with Crippen molar-refractivity contribution < 1.29 is 9.69 Å². The van der Waals surface area contributed by atoms with E-state index >= 15 is 0 Å². The first-order chi connectivity index (χ1) is 10.7. The van der Waals surface area contributed by atoms with Gasteiger partial charge >= 0.3 is 0 Å². The zero-order valence-electron chi connectivity index (χ0n) is 13.6. The van der Waals surface area contributed by atoms with E-state index in [-0.39, 0.29) is 5.92 Å². The molecule has 2 fully saturated rings. The molecule has 1 aromatic heterocycles. The Morgan fingerprint density at radius 1 is 1.27 bits per heavy atom. The van der Waals surface area contributed by atoms with Gasteiger partial charge in [-0.15, -0.1) is 0 Å². The summed E-state index contributed by atoms with van der Waals surface area (Å²) >= 11 is 0. The predicted molar refractivity (Wildman–Crippen MR) is 86.3 cm³/mol. The molecule has 0 saturated carbocycles. The number of amides is 1. The van der Waals surface area contributed by atoms with Crippen LogP contribution in [0, 0.1) is 11.8 Å². The zero-order chi connectivity index (χ0) is 15.4. The van der Waals surface area contributed by atoms with E-state index in [2.05, 4.69) is 22.9 Å². The number of rotatable bonds is 3. The Bertz CT molecular complexity index is 474. The molecule has 0 aliphatic carbocycles. The van der Waals surface area contributed by atoms with Crippen LogP contribution in [-0.2, 0) is 11.3 Å². The molecule has 4 heteroatoms. The molecule has 2 aliphatic heterocycles. The maximum atomic E-state index is 12.6. The minimum absolute atomic E-state index is 0.269. The molecule has 0 radical (unpaired) electrons. The molecule has 2 saturated heterocycles. The Labute approximate surface area is 133 Å². The SMILES string of the molecule is CC1CCN(C(=O)C2CC[NH+](Cc3cccnc3)CC2)CC1. The van der Waals surface area contributed by atoms with Gasteiger partial charge in [0.15, 0.2) is 0 Å². The predicted octanol–water partition coefficient (Wildman–Crippen LogP) is 1.14. The summed E-state index contributed by atoms with van der Waals surface area (Å²) in [5.41, 5.74) is 1.30. The number of nitrogens with one attached hydrogen (secondary N) is 1.